The van der Waals surface area contributed by atoms with Gasteiger partial charge in [-0.3, -0.25) is 24.5 Å². The molecule has 4 aliphatic rings. The number of piperazine rings is 3. The number of aliphatic imine (C=N–C) groups is 1. The van der Waals surface area contributed by atoms with Gasteiger partial charge in [0.25, 0.3) is 0 Å². The van der Waals surface area contributed by atoms with E-state index in [9.17, 15) is 4.79 Å². The Kier molecular flexibility index (Phi) is 7.10. The maximum atomic E-state index is 11.5. The predicted octanol–water partition coefficient (Wildman–Crippen LogP) is -1.25. The standard InChI is InChI=1S/C18H35N7O/c1-3-20-18(21-12-16-13-24-8-10-25(16)11-9-24)22-15-4-6-23(7-5-15)14-17(26)19-2/h15-16H,3-14H2,1-2H3,(H,19,26)(H2,20,21,22). The van der Waals surface area contributed by atoms with E-state index in [0.29, 0.717) is 18.6 Å². The van der Waals surface area contributed by atoms with Gasteiger partial charge in [-0.1, -0.05) is 0 Å². The highest BCUT2D eigenvalue weighted by Gasteiger charge is 2.31. The van der Waals surface area contributed by atoms with E-state index < -0.39 is 0 Å². The molecule has 148 valence electrons. The van der Waals surface area contributed by atoms with E-state index in [1.54, 1.807) is 7.05 Å². The van der Waals surface area contributed by atoms with Gasteiger partial charge in [-0.2, -0.15) is 0 Å². The minimum atomic E-state index is 0.0961. The summed E-state index contributed by atoms with van der Waals surface area (Å²) in [5.74, 6) is 1.04. The van der Waals surface area contributed by atoms with Crippen LogP contribution < -0.4 is 16.0 Å². The Labute approximate surface area is 157 Å². The fourth-order valence-electron chi connectivity index (χ4n) is 4.13. The van der Waals surface area contributed by atoms with Crippen molar-refractivity contribution in [2.75, 3.05) is 72.5 Å². The average molecular weight is 366 g/mol. The Balaban J connectivity index is 1.45. The Morgan fingerprint density at radius 3 is 2.42 bits per heavy atom. The number of likely N-dealkylation sites (tertiary alicyclic amines) is 1. The van der Waals surface area contributed by atoms with Crippen molar-refractivity contribution in [3.05, 3.63) is 0 Å². The third-order valence-electron chi connectivity index (χ3n) is 5.77. The molecular formula is C18H35N7O. The largest absolute Gasteiger partial charge is 0.358 e. The molecule has 0 aromatic rings. The van der Waals surface area contributed by atoms with Crippen LogP contribution in [0.5, 0.6) is 0 Å². The molecule has 0 aromatic carbocycles. The number of hydrogen-bond acceptors (Lipinski definition) is 5. The molecule has 0 radical (unpaired) electrons. The molecule has 4 heterocycles. The molecule has 0 spiro atoms. The summed E-state index contributed by atoms with van der Waals surface area (Å²) in [5.41, 5.74) is 0. The van der Waals surface area contributed by atoms with E-state index in [1.165, 1.54) is 26.2 Å². The van der Waals surface area contributed by atoms with Crippen molar-refractivity contribution in [3.63, 3.8) is 0 Å². The van der Waals surface area contributed by atoms with Gasteiger partial charge in [-0.05, 0) is 19.8 Å². The molecule has 0 aromatic heterocycles. The normalized spacial score (nSPS) is 30.2. The molecule has 1 amide bonds. The van der Waals surface area contributed by atoms with Gasteiger partial charge in [0.1, 0.15) is 0 Å². The van der Waals surface area contributed by atoms with Crippen molar-refractivity contribution in [1.29, 1.82) is 0 Å². The molecule has 8 nitrogen and oxygen atoms in total. The molecule has 0 aliphatic carbocycles. The summed E-state index contributed by atoms with van der Waals surface area (Å²) >= 11 is 0. The number of nitrogens with one attached hydrogen (secondary N) is 3. The average Bonchev–Trinajstić information content (AvgIpc) is 2.68. The van der Waals surface area contributed by atoms with E-state index in [-0.39, 0.29) is 5.91 Å². The number of carbonyl (C=O) groups excluding carboxylic acids is 1. The van der Waals surface area contributed by atoms with Gasteiger partial charge >= 0.3 is 0 Å². The number of piperidine rings is 1. The first kappa shape index (κ1) is 19.4. The van der Waals surface area contributed by atoms with Gasteiger partial charge in [0.2, 0.25) is 5.91 Å². The molecule has 1 unspecified atom stereocenters. The van der Waals surface area contributed by atoms with Crippen molar-refractivity contribution in [2.45, 2.75) is 31.8 Å². The summed E-state index contributed by atoms with van der Waals surface area (Å²) in [6.45, 7) is 12.2. The second-order valence-electron chi connectivity index (χ2n) is 7.58. The molecule has 4 rings (SSSR count). The highest BCUT2D eigenvalue weighted by molar-refractivity contribution is 5.80. The molecule has 8 heteroatoms. The van der Waals surface area contributed by atoms with Crippen LogP contribution >= 0.6 is 0 Å². The Hall–Kier alpha value is -1.38. The SMILES string of the molecule is CCNC(=NCC1CN2CCN1CC2)NC1CCN(CC(=O)NC)CC1. The van der Waals surface area contributed by atoms with E-state index in [4.69, 9.17) is 4.99 Å². The minimum Gasteiger partial charge on any atom is -0.358 e. The lowest BCUT2D eigenvalue weighted by atomic mass is 10.1. The van der Waals surface area contributed by atoms with Gasteiger partial charge in [0.15, 0.2) is 5.96 Å². The number of carbonyl (C=O) groups is 1. The molecule has 2 bridgehead atoms. The Morgan fingerprint density at radius 2 is 1.85 bits per heavy atom. The summed E-state index contributed by atoms with van der Waals surface area (Å²) in [5, 5.41) is 9.70. The van der Waals surface area contributed by atoms with Gasteiger partial charge in [-0.25, -0.2) is 0 Å². The third kappa shape index (κ3) is 5.31. The van der Waals surface area contributed by atoms with Crippen molar-refractivity contribution in [2.24, 2.45) is 4.99 Å². The van der Waals surface area contributed by atoms with E-state index >= 15 is 0 Å². The van der Waals surface area contributed by atoms with Crippen LogP contribution in [0.1, 0.15) is 19.8 Å². The van der Waals surface area contributed by atoms with Crippen LogP contribution in [-0.2, 0) is 4.79 Å². The fraction of sp³-hybridized carbons (Fsp3) is 0.889. The monoisotopic (exact) mass is 365 g/mol. The lowest BCUT2D eigenvalue weighted by Gasteiger charge is -2.47. The third-order valence-corrected chi connectivity index (χ3v) is 5.77. The zero-order valence-electron chi connectivity index (χ0n) is 16.3. The highest BCUT2D eigenvalue weighted by atomic mass is 16.1. The number of nitrogens with zero attached hydrogens (tertiary/aromatic N) is 4. The topological polar surface area (TPSA) is 75.2 Å². The quantitative estimate of drug-likeness (QED) is 0.404. The van der Waals surface area contributed by atoms with Crippen LogP contribution in [0.15, 0.2) is 4.99 Å². The second kappa shape index (κ2) is 9.53. The molecule has 4 fully saturated rings. The van der Waals surface area contributed by atoms with Crippen LogP contribution in [0, 0.1) is 0 Å². The van der Waals surface area contributed by atoms with Gasteiger partial charge < -0.3 is 16.0 Å². The number of rotatable bonds is 6. The molecule has 3 N–H and O–H groups in total. The van der Waals surface area contributed by atoms with Crippen molar-refractivity contribution in [3.8, 4) is 0 Å². The van der Waals surface area contributed by atoms with Crippen LogP contribution in [0.4, 0.5) is 0 Å². The lowest BCUT2D eigenvalue weighted by molar-refractivity contribution is -0.122. The zero-order chi connectivity index (χ0) is 18.4. The number of guanidine groups is 1. The van der Waals surface area contributed by atoms with Gasteiger partial charge in [-0.15, -0.1) is 0 Å². The predicted molar refractivity (Wildman–Crippen MR) is 104 cm³/mol. The van der Waals surface area contributed by atoms with Crippen molar-refractivity contribution in [1.82, 2.24) is 30.7 Å². The van der Waals surface area contributed by atoms with Crippen molar-refractivity contribution < 1.29 is 4.79 Å². The zero-order valence-corrected chi connectivity index (χ0v) is 16.3. The smallest absolute Gasteiger partial charge is 0.233 e. The summed E-state index contributed by atoms with van der Waals surface area (Å²) in [4.78, 5) is 23.8. The van der Waals surface area contributed by atoms with E-state index in [1.807, 2.05) is 0 Å². The number of amides is 1. The van der Waals surface area contributed by atoms with Crippen molar-refractivity contribution >= 4 is 11.9 Å². The maximum absolute atomic E-state index is 11.5. The van der Waals surface area contributed by atoms with Crippen LogP contribution in [0.25, 0.3) is 0 Å². The molecule has 4 saturated heterocycles. The number of hydrogen-bond donors (Lipinski definition) is 3. The first-order chi connectivity index (χ1) is 12.7. The number of likely N-dealkylation sites (N-methyl/N-ethyl adjacent to an activating group) is 1. The maximum Gasteiger partial charge on any atom is 0.233 e. The summed E-state index contributed by atoms with van der Waals surface area (Å²) in [6.07, 6.45) is 2.09. The van der Waals surface area contributed by atoms with Crippen LogP contribution in [0.2, 0.25) is 0 Å². The molecular weight excluding hydrogens is 330 g/mol. The summed E-state index contributed by atoms with van der Waals surface area (Å²) in [6, 6.07) is 0.989. The molecule has 26 heavy (non-hydrogen) atoms. The number of fused-ring (bicyclic) bond motifs is 3. The highest BCUT2D eigenvalue weighted by Crippen LogP contribution is 2.16. The first-order valence-electron chi connectivity index (χ1n) is 10.1. The molecule has 4 aliphatic heterocycles. The summed E-state index contributed by atoms with van der Waals surface area (Å²) in [7, 11) is 1.70. The first-order valence-corrected chi connectivity index (χ1v) is 10.1. The van der Waals surface area contributed by atoms with E-state index in [2.05, 4.69) is 37.6 Å². The summed E-state index contributed by atoms with van der Waals surface area (Å²) < 4.78 is 0. The van der Waals surface area contributed by atoms with E-state index in [0.717, 1.165) is 51.5 Å². The lowest BCUT2D eigenvalue weighted by Crippen LogP contribution is -2.62. The molecule has 1 atom stereocenters. The van der Waals surface area contributed by atoms with Gasteiger partial charge in [0.05, 0.1) is 13.1 Å². The molecule has 0 saturated carbocycles. The van der Waals surface area contributed by atoms with Crippen LogP contribution in [0.3, 0.4) is 0 Å². The Morgan fingerprint density at radius 1 is 1.12 bits per heavy atom. The van der Waals surface area contributed by atoms with Gasteiger partial charge in [0, 0.05) is 71.5 Å². The Bertz CT molecular complexity index is 482. The minimum absolute atomic E-state index is 0.0961. The second-order valence-corrected chi connectivity index (χ2v) is 7.58. The fourth-order valence-corrected chi connectivity index (χ4v) is 4.13. The van der Waals surface area contributed by atoms with Crippen LogP contribution in [-0.4, -0.2) is 111 Å².